The number of hydrazine groups is 1. The molecular weight excluding hydrogens is 314 g/mol. The Hall–Kier alpha value is -2.14. The van der Waals surface area contributed by atoms with Crippen LogP contribution in [0.2, 0.25) is 0 Å². The van der Waals surface area contributed by atoms with Gasteiger partial charge in [-0.3, -0.25) is 4.79 Å². The monoisotopic (exact) mass is 341 g/mol. The normalized spacial score (nSPS) is 18.5. The maximum atomic E-state index is 11.2. The summed E-state index contributed by atoms with van der Waals surface area (Å²) in [5.74, 6) is 0.572. The van der Waals surface area contributed by atoms with Crippen molar-refractivity contribution in [2.45, 2.75) is 39.5 Å². The minimum atomic E-state index is 0.382. The lowest BCUT2D eigenvalue weighted by molar-refractivity contribution is 0.0784. The molecule has 0 bridgehead atoms. The van der Waals surface area contributed by atoms with Gasteiger partial charge in [0.1, 0.15) is 18.1 Å². The van der Waals surface area contributed by atoms with Crippen LogP contribution in [0.3, 0.4) is 0 Å². The largest absolute Gasteiger partial charge is 0.487 e. The zero-order valence-electron chi connectivity index (χ0n) is 15.4. The Bertz CT molecular complexity index is 709. The molecule has 1 aliphatic heterocycles. The zero-order chi connectivity index (χ0) is 17.8. The van der Waals surface area contributed by atoms with Gasteiger partial charge < -0.3 is 9.75 Å². The number of hydrogen-bond donors (Lipinski definition) is 0. The van der Waals surface area contributed by atoms with Crippen molar-refractivity contribution in [2.24, 2.45) is 0 Å². The van der Waals surface area contributed by atoms with Gasteiger partial charge in [0.25, 0.3) is 0 Å². The molecule has 0 radical (unpaired) electrons. The summed E-state index contributed by atoms with van der Waals surface area (Å²) in [5, 5.41) is 4.59. The summed E-state index contributed by atoms with van der Waals surface area (Å²) in [6.07, 6.45) is 7.67. The second kappa shape index (κ2) is 7.83. The minimum Gasteiger partial charge on any atom is -0.487 e. The van der Waals surface area contributed by atoms with Crippen molar-refractivity contribution in [1.29, 1.82) is 0 Å². The molecule has 0 atom stereocenters. The molecule has 0 aromatic carbocycles. The minimum absolute atomic E-state index is 0.382. The molecule has 25 heavy (non-hydrogen) atoms. The SMILES string of the molecule is CCN1C(C2=C(COc3ccc(C)nc3C=O)CCCC2)=CCN1C. The number of aryl methyl sites for hydroxylation is 1. The summed E-state index contributed by atoms with van der Waals surface area (Å²) >= 11 is 0. The molecule has 0 fully saturated rings. The zero-order valence-corrected chi connectivity index (χ0v) is 15.4. The summed E-state index contributed by atoms with van der Waals surface area (Å²) in [4.78, 5) is 15.5. The summed E-state index contributed by atoms with van der Waals surface area (Å²) in [6, 6.07) is 3.72. The highest BCUT2D eigenvalue weighted by Crippen LogP contribution is 2.34. The molecule has 0 spiro atoms. The van der Waals surface area contributed by atoms with Crippen LogP contribution in [0.1, 0.15) is 48.8 Å². The number of hydrogen-bond acceptors (Lipinski definition) is 5. The average Bonchev–Trinajstić information content (AvgIpc) is 3.01. The molecule has 2 heterocycles. The van der Waals surface area contributed by atoms with E-state index in [2.05, 4.69) is 35.0 Å². The molecule has 134 valence electrons. The standard InChI is InChI=1S/C20H27N3O2/c1-4-23-19(11-12-22(23)3)17-8-6-5-7-16(17)14-25-20-10-9-15(2)21-18(20)13-24/h9-11,13H,4-8,12,14H2,1-3H3. The quantitative estimate of drug-likeness (QED) is 0.741. The number of carbonyl (C=O) groups excluding carboxylic acids is 1. The van der Waals surface area contributed by atoms with E-state index >= 15 is 0 Å². The molecule has 5 heteroatoms. The predicted octanol–water partition coefficient (Wildman–Crippen LogP) is 3.52. The van der Waals surface area contributed by atoms with Crippen molar-refractivity contribution in [3.63, 3.8) is 0 Å². The maximum absolute atomic E-state index is 11.2. The Labute approximate surface area is 149 Å². The van der Waals surface area contributed by atoms with Crippen molar-refractivity contribution >= 4 is 6.29 Å². The van der Waals surface area contributed by atoms with E-state index in [9.17, 15) is 4.79 Å². The van der Waals surface area contributed by atoms with E-state index in [0.717, 1.165) is 37.9 Å². The number of aldehydes is 1. The lowest BCUT2D eigenvalue weighted by atomic mass is 9.90. The van der Waals surface area contributed by atoms with E-state index < -0.39 is 0 Å². The average molecular weight is 341 g/mol. The number of ether oxygens (including phenoxy) is 1. The molecule has 0 saturated heterocycles. The van der Waals surface area contributed by atoms with Gasteiger partial charge in [-0.25, -0.2) is 9.99 Å². The van der Waals surface area contributed by atoms with E-state index in [1.54, 1.807) is 0 Å². The van der Waals surface area contributed by atoms with Crippen LogP contribution in [0.15, 0.2) is 35.1 Å². The van der Waals surface area contributed by atoms with Gasteiger partial charge in [-0.1, -0.05) is 0 Å². The number of pyridine rings is 1. The highest BCUT2D eigenvalue weighted by atomic mass is 16.5. The fourth-order valence-electron chi connectivity index (χ4n) is 3.67. The number of carbonyl (C=O) groups is 1. The van der Waals surface area contributed by atoms with Crippen LogP contribution in [-0.4, -0.2) is 48.0 Å². The molecule has 0 amide bonds. The van der Waals surface area contributed by atoms with Crippen molar-refractivity contribution < 1.29 is 9.53 Å². The van der Waals surface area contributed by atoms with Gasteiger partial charge in [0.15, 0.2) is 6.29 Å². The molecule has 3 rings (SSSR count). The summed E-state index contributed by atoms with van der Waals surface area (Å²) in [6.45, 7) is 6.51. The van der Waals surface area contributed by atoms with Crippen LogP contribution in [0.4, 0.5) is 0 Å². The molecule has 0 unspecified atom stereocenters. The van der Waals surface area contributed by atoms with Crippen LogP contribution in [-0.2, 0) is 0 Å². The summed E-state index contributed by atoms with van der Waals surface area (Å²) in [5.41, 5.74) is 5.31. The van der Waals surface area contributed by atoms with Crippen LogP contribution < -0.4 is 4.74 Å². The van der Waals surface area contributed by atoms with E-state index in [1.807, 2.05) is 19.1 Å². The lowest BCUT2D eigenvalue weighted by Gasteiger charge is -2.32. The van der Waals surface area contributed by atoms with Crippen LogP contribution in [0, 0.1) is 6.92 Å². The third kappa shape index (κ3) is 3.76. The van der Waals surface area contributed by atoms with Gasteiger partial charge in [-0.2, -0.15) is 0 Å². The van der Waals surface area contributed by atoms with Crippen molar-refractivity contribution in [2.75, 3.05) is 26.7 Å². The molecule has 0 N–H and O–H groups in total. The highest BCUT2D eigenvalue weighted by molar-refractivity contribution is 5.76. The Morgan fingerprint density at radius 2 is 2.08 bits per heavy atom. The first-order valence-electron chi connectivity index (χ1n) is 9.09. The smallest absolute Gasteiger partial charge is 0.172 e. The second-order valence-electron chi connectivity index (χ2n) is 6.68. The second-order valence-corrected chi connectivity index (χ2v) is 6.68. The third-order valence-corrected chi connectivity index (χ3v) is 4.97. The van der Waals surface area contributed by atoms with Gasteiger partial charge in [0, 0.05) is 25.8 Å². The van der Waals surface area contributed by atoms with Crippen LogP contribution >= 0.6 is 0 Å². The Kier molecular flexibility index (Phi) is 5.53. The van der Waals surface area contributed by atoms with Gasteiger partial charge in [0.2, 0.25) is 0 Å². The van der Waals surface area contributed by atoms with Gasteiger partial charge in [-0.15, -0.1) is 0 Å². The number of rotatable bonds is 6. The van der Waals surface area contributed by atoms with Crippen molar-refractivity contribution in [3.8, 4) is 5.75 Å². The fourth-order valence-corrected chi connectivity index (χ4v) is 3.67. The molecule has 0 saturated carbocycles. The lowest BCUT2D eigenvalue weighted by Crippen LogP contribution is -2.34. The van der Waals surface area contributed by atoms with Crippen LogP contribution in [0.5, 0.6) is 5.75 Å². The highest BCUT2D eigenvalue weighted by Gasteiger charge is 2.25. The maximum Gasteiger partial charge on any atom is 0.172 e. The van der Waals surface area contributed by atoms with E-state index in [1.165, 1.54) is 29.7 Å². The predicted molar refractivity (Wildman–Crippen MR) is 98.4 cm³/mol. The topological polar surface area (TPSA) is 45.7 Å². The first-order chi connectivity index (χ1) is 12.1. The van der Waals surface area contributed by atoms with Crippen molar-refractivity contribution in [1.82, 2.24) is 15.0 Å². The fraction of sp³-hybridized carbons (Fsp3) is 0.500. The summed E-state index contributed by atoms with van der Waals surface area (Å²) in [7, 11) is 2.13. The van der Waals surface area contributed by atoms with Crippen LogP contribution in [0.25, 0.3) is 0 Å². The van der Waals surface area contributed by atoms with Crippen molar-refractivity contribution in [3.05, 3.63) is 46.4 Å². The Morgan fingerprint density at radius 1 is 1.28 bits per heavy atom. The van der Waals surface area contributed by atoms with Gasteiger partial charge >= 0.3 is 0 Å². The summed E-state index contributed by atoms with van der Waals surface area (Å²) < 4.78 is 6.00. The Morgan fingerprint density at radius 3 is 2.84 bits per heavy atom. The molecule has 5 nitrogen and oxygen atoms in total. The number of likely N-dealkylation sites (N-methyl/N-ethyl adjacent to an activating group) is 2. The number of aromatic nitrogens is 1. The first-order valence-corrected chi connectivity index (χ1v) is 9.09. The first kappa shape index (κ1) is 17.7. The molecule has 2 aliphatic rings. The number of nitrogens with zero attached hydrogens (tertiary/aromatic N) is 3. The molecule has 1 aromatic heterocycles. The Balaban J connectivity index is 1.82. The number of allylic oxidation sites excluding steroid dienone is 1. The van der Waals surface area contributed by atoms with Gasteiger partial charge in [-0.05, 0) is 68.9 Å². The molecule has 1 aromatic rings. The molecular formula is C20H27N3O2. The van der Waals surface area contributed by atoms with E-state index in [4.69, 9.17) is 4.74 Å². The molecule has 1 aliphatic carbocycles. The van der Waals surface area contributed by atoms with E-state index in [-0.39, 0.29) is 0 Å². The van der Waals surface area contributed by atoms with Gasteiger partial charge in [0.05, 0.1) is 5.70 Å². The third-order valence-electron chi connectivity index (χ3n) is 4.97. The van der Waals surface area contributed by atoms with E-state index in [0.29, 0.717) is 18.1 Å².